The van der Waals surface area contributed by atoms with Gasteiger partial charge in [0.25, 0.3) is 0 Å². The Balaban J connectivity index is 1.93. The van der Waals surface area contributed by atoms with Crippen LogP contribution in [0.3, 0.4) is 0 Å². The van der Waals surface area contributed by atoms with Gasteiger partial charge in [-0.2, -0.15) is 12.7 Å². The van der Waals surface area contributed by atoms with E-state index in [1.807, 2.05) is 24.3 Å². The molecule has 7 nitrogen and oxygen atoms in total. The topological polar surface area (TPSA) is 77.3 Å². The lowest BCUT2D eigenvalue weighted by Crippen LogP contribution is -2.30. The van der Waals surface area contributed by atoms with Gasteiger partial charge in [0.1, 0.15) is 11.9 Å². The number of nitrogens with zero attached hydrogens (tertiary/aromatic N) is 4. The van der Waals surface area contributed by atoms with Crippen LogP contribution in [0.4, 0.5) is 4.39 Å². The highest BCUT2D eigenvalue weighted by Crippen LogP contribution is 2.29. The second-order valence-electron chi connectivity index (χ2n) is 9.36. The molecule has 0 fully saturated rings. The second kappa shape index (κ2) is 10.3. The Hall–Kier alpha value is -2.62. The summed E-state index contributed by atoms with van der Waals surface area (Å²) >= 11 is 0. The van der Waals surface area contributed by atoms with Crippen molar-refractivity contribution < 1.29 is 17.5 Å². The Bertz CT molecular complexity index is 1200. The van der Waals surface area contributed by atoms with E-state index in [4.69, 9.17) is 9.72 Å². The van der Waals surface area contributed by atoms with E-state index in [0.717, 1.165) is 17.5 Å². The molecular weight excluding hydrogens is 455 g/mol. The largest absolute Gasteiger partial charge is 0.373 e. The monoisotopic (exact) mass is 488 g/mol. The van der Waals surface area contributed by atoms with E-state index in [-0.39, 0.29) is 11.2 Å². The molecule has 0 saturated heterocycles. The maximum Gasteiger partial charge on any atom is 0.308 e. The van der Waals surface area contributed by atoms with Gasteiger partial charge in [-0.25, -0.2) is 13.3 Å². The fourth-order valence-corrected chi connectivity index (χ4v) is 4.56. The minimum Gasteiger partial charge on any atom is -0.373 e. The van der Waals surface area contributed by atoms with Crippen LogP contribution in [0.1, 0.15) is 50.4 Å². The van der Waals surface area contributed by atoms with Gasteiger partial charge in [0.2, 0.25) is 0 Å². The van der Waals surface area contributed by atoms with Gasteiger partial charge in [-0.3, -0.25) is 4.98 Å². The molecule has 0 aliphatic rings. The standard InChI is InChI=1S/C25H33FN4O3S/c1-7-25(2,3)15-21-17-30(34(31,32)29(4)5)24(28-21)23(33-6)14-18-8-10-19(11-9-18)22-13-12-20(26)16-27-22/h8-13,16-17,23H,7,14-15H2,1-6H3. The molecule has 0 aliphatic carbocycles. The smallest absolute Gasteiger partial charge is 0.308 e. The Morgan fingerprint density at radius 3 is 2.35 bits per heavy atom. The highest BCUT2D eigenvalue weighted by molar-refractivity contribution is 7.87. The first-order valence-corrected chi connectivity index (χ1v) is 12.6. The van der Waals surface area contributed by atoms with Crippen molar-refractivity contribution in [1.29, 1.82) is 0 Å². The molecule has 184 valence electrons. The first kappa shape index (κ1) is 26.0. The van der Waals surface area contributed by atoms with Crippen LogP contribution in [-0.4, -0.2) is 47.9 Å². The molecule has 1 aromatic carbocycles. The highest BCUT2D eigenvalue weighted by atomic mass is 32.2. The van der Waals surface area contributed by atoms with Crippen LogP contribution in [0.2, 0.25) is 0 Å². The number of pyridine rings is 1. The van der Waals surface area contributed by atoms with Crippen molar-refractivity contribution in [1.82, 2.24) is 18.2 Å². The molecule has 2 heterocycles. The average Bonchev–Trinajstić information content (AvgIpc) is 3.22. The van der Waals surface area contributed by atoms with Gasteiger partial charge in [0.15, 0.2) is 5.82 Å². The molecule has 9 heteroatoms. The minimum absolute atomic E-state index is 0.00881. The predicted octanol–water partition coefficient (Wildman–Crippen LogP) is 4.65. The summed E-state index contributed by atoms with van der Waals surface area (Å²) in [6, 6.07) is 10.7. The summed E-state index contributed by atoms with van der Waals surface area (Å²) in [6.45, 7) is 6.38. The minimum atomic E-state index is -3.77. The first-order valence-electron chi connectivity index (χ1n) is 11.2. The van der Waals surface area contributed by atoms with Crippen LogP contribution < -0.4 is 0 Å². The van der Waals surface area contributed by atoms with Crippen molar-refractivity contribution in [3.8, 4) is 11.3 Å². The van der Waals surface area contributed by atoms with Gasteiger partial charge < -0.3 is 4.74 Å². The molecular formula is C25H33FN4O3S. The lowest BCUT2D eigenvalue weighted by molar-refractivity contribution is 0.0954. The predicted molar refractivity (Wildman–Crippen MR) is 131 cm³/mol. The van der Waals surface area contributed by atoms with E-state index >= 15 is 0 Å². The van der Waals surface area contributed by atoms with Crippen molar-refractivity contribution >= 4 is 10.2 Å². The number of imidazole rings is 1. The van der Waals surface area contributed by atoms with Crippen molar-refractivity contribution in [3.05, 3.63) is 71.7 Å². The fraction of sp³-hybridized carbons (Fsp3) is 0.440. The molecule has 0 spiro atoms. The van der Waals surface area contributed by atoms with Gasteiger partial charge in [-0.15, -0.1) is 0 Å². The van der Waals surface area contributed by atoms with Gasteiger partial charge in [-0.05, 0) is 29.5 Å². The third-order valence-corrected chi connectivity index (χ3v) is 7.76. The van der Waals surface area contributed by atoms with Crippen LogP contribution in [0, 0.1) is 11.2 Å². The maximum atomic E-state index is 13.2. The average molecular weight is 489 g/mol. The molecule has 0 radical (unpaired) electrons. The Morgan fingerprint density at radius 2 is 1.82 bits per heavy atom. The molecule has 0 bridgehead atoms. The van der Waals surface area contributed by atoms with Crippen molar-refractivity contribution in [2.75, 3.05) is 21.2 Å². The highest BCUT2D eigenvalue weighted by Gasteiger charge is 2.29. The quantitative estimate of drug-likeness (QED) is 0.415. The van der Waals surface area contributed by atoms with E-state index < -0.39 is 16.3 Å². The number of rotatable bonds is 10. The summed E-state index contributed by atoms with van der Waals surface area (Å²) in [6.07, 6.45) is 4.26. The summed E-state index contributed by atoms with van der Waals surface area (Å²) < 4.78 is 47.4. The van der Waals surface area contributed by atoms with Gasteiger partial charge in [-0.1, -0.05) is 51.5 Å². The molecule has 34 heavy (non-hydrogen) atoms. The number of aromatic nitrogens is 3. The van der Waals surface area contributed by atoms with E-state index in [0.29, 0.717) is 30.1 Å². The zero-order valence-corrected chi connectivity index (χ0v) is 21.4. The van der Waals surface area contributed by atoms with E-state index in [1.165, 1.54) is 34.6 Å². The molecule has 0 aliphatic heterocycles. The molecule has 0 amide bonds. The van der Waals surface area contributed by atoms with Gasteiger partial charge >= 0.3 is 10.2 Å². The van der Waals surface area contributed by atoms with Crippen molar-refractivity contribution in [2.24, 2.45) is 5.41 Å². The number of ether oxygens (including phenoxy) is 1. The molecule has 1 atom stereocenters. The molecule has 0 N–H and O–H groups in total. The Morgan fingerprint density at radius 1 is 1.15 bits per heavy atom. The zero-order valence-electron chi connectivity index (χ0n) is 20.6. The van der Waals surface area contributed by atoms with Crippen LogP contribution in [-0.2, 0) is 27.8 Å². The zero-order chi connectivity index (χ0) is 25.1. The van der Waals surface area contributed by atoms with Crippen molar-refractivity contribution in [2.45, 2.75) is 46.1 Å². The normalized spacial score (nSPS) is 13.4. The third kappa shape index (κ3) is 5.89. The van der Waals surface area contributed by atoms with E-state index in [9.17, 15) is 12.8 Å². The first-order chi connectivity index (χ1) is 16.0. The van der Waals surface area contributed by atoms with Crippen LogP contribution >= 0.6 is 0 Å². The SMILES string of the molecule is CCC(C)(C)Cc1cn(S(=O)(=O)N(C)C)c(C(Cc2ccc(-c3ccc(F)cn3)cc2)OC)n1. The summed E-state index contributed by atoms with van der Waals surface area (Å²) in [5.74, 6) is -0.0319. The fourth-order valence-electron chi connectivity index (χ4n) is 3.55. The summed E-state index contributed by atoms with van der Waals surface area (Å²) in [7, 11) is 0.777. The van der Waals surface area contributed by atoms with Crippen LogP contribution in [0.5, 0.6) is 0 Å². The molecule has 1 unspecified atom stereocenters. The third-order valence-electron chi connectivity index (χ3n) is 6.05. The summed E-state index contributed by atoms with van der Waals surface area (Å²) in [4.78, 5) is 8.83. The molecule has 0 saturated carbocycles. The number of hydrogen-bond donors (Lipinski definition) is 0. The van der Waals surface area contributed by atoms with Crippen molar-refractivity contribution in [3.63, 3.8) is 0 Å². The molecule has 3 aromatic rings. The van der Waals surface area contributed by atoms with Gasteiger partial charge in [0, 0.05) is 39.4 Å². The van der Waals surface area contributed by atoms with E-state index in [2.05, 4.69) is 25.8 Å². The number of benzene rings is 1. The number of halogens is 1. The maximum absolute atomic E-state index is 13.2. The van der Waals surface area contributed by atoms with Crippen LogP contribution in [0.15, 0.2) is 48.8 Å². The summed E-state index contributed by atoms with van der Waals surface area (Å²) in [5, 5.41) is 0. The lowest BCUT2D eigenvalue weighted by Gasteiger charge is -2.20. The summed E-state index contributed by atoms with van der Waals surface area (Å²) in [5.41, 5.74) is 3.19. The number of methoxy groups -OCH3 is 1. The van der Waals surface area contributed by atoms with Crippen LogP contribution in [0.25, 0.3) is 11.3 Å². The molecule has 2 aromatic heterocycles. The second-order valence-corrected chi connectivity index (χ2v) is 11.4. The number of hydrogen-bond acceptors (Lipinski definition) is 5. The van der Waals surface area contributed by atoms with E-state index in [1.54, 1.807) is 19.4 Å². The lowest BCUT2D eigenvalue weighted by atomic mass is 9.85. The van der Waals surface area contributed by atoms with Gasteiger partial charge in [0.05, 0.1) is 17.6 Å². The Labute approximate surface area is 201 Å². The Kier molecular flexibility index (Phi) is 7.90. The molecule has 3 rings (SSSR count).